The molecule has 7 nitrogen and oxygen atoms in total. The smallest absolute Gasteiger partial charge is 0.263 e. The van der Waals surface area contributed by atoms with E-state index in [9.17, 15) is 0 Å². The molecule has 8 heteroatoms. The van der Waals surface area contributed by atoms with Gasteiger partial charge < -0.3 is 14.8 Å². The highest BCUT2D eigenvalue weighted by molar-refractivity contribution is 9.10. The highest BCUT2D eigenvalue weighted by atomic mass is 79.9. The van der Waals surface area contributed by atoms with Gasteiger partial charge in [-0.05, 0) is 29.8 Å². The number of hydrogen-bond donors (Lipinski definition) is 2. The second-order valence-corrected chi connectivity index (χ2v) is 6.28. The maximum absolute atomic E-state index is 6.09. The number of aromatic amines is 1. The first-order valence-electron chi connectivity index (χ1n) is 7.68. The molecule has 0 fully saturated rings. The monoisotopic (exact) mass is 403 g/mol. The zero-order valence-electron chi connectivity index (χ0n) is 13.9. The van der Waals surface area contributed by atoms with E-state index >= 15 is 0 Å². The number of nitrogens with zero attached hydrogens (tertiary/aromatic N) is 3. The molecule has 0 aliphatic heterocycles. The first-order chi connectivity index (χ1) is 12.2. The summed E-state index contributed by atoms with van der Waals surface area (Å²) in [5.74, 6) is 1.76. The van der Waals surface area contributed by atoms with Gasteiger partial charge in [0.1, 0.15) is 6.61 Å². The Labute approximate surface area is 153 Å². The molecule has 1 aromatic heterocycles. The maximum atomic E-state index is 6.09. The molecule has 3 aromatic rings. The normalized spacial score (nSPS) is 10.5. The van der Waals surface area contributed by atoms with E-state index in [-0.39, 0.29) is 0 Å². The first kappa shape index (κ1) is 17.2. The van der Waals surface area contributed by atoms with E-state index in [1.165, 1.54) is 5.56 Å². The number of H-pyrrole nitrogens is 1. The van der Waals surface area contributed by atoms with Crippen LogP contribution in [0, 0.1) is 6.92 Å². The molecule has 1 heterocycles. The third kappa shape index (κ3) is 4.27. The second-order valence-electron chi connectivity index (χ2n) is 5.42. The van der Waals surface area contributed by atoms with Crippen LogP contribution >= 0.6 is 15.9 Å². The number of aryl methyl sites for hydroxylation is 1. The van der Waals surface area contributed by atoms with Crippen molar-refractivity contribution >= 4 is 21.9 Å². The Kier molecular flexibility index (Phi) is 5.49. The number of rotatable bonds is 7. The number of halogens is 1. The lowest BCUT2D eigenvalue weighted by Gasteiger charge is -2.17. The molecule has 3 rings (SSSR count). The summed E-state index contributed by atoms with van der Waals surface area (Å²) in [7, 11) is 1.62. The number of benzene rings is 2. The molecule has 25 heavy (non-hydrogen) atoms. The summed E-state index contributed by atoms with van der Waals surface area (Å²) in [5.41, 5.74) is 3.21. The van der Waals surface area contributed by atoms with Crippen LogP contribution in [-0.2, 0) is 13.2 Å². The number of aromatic nitrogens is 4. The van der Waals surface area contributed by atoms with Crippen LogP contribution in [0.2, 0.25) is 0 Å². The highest BCUT2D eigenvalue weighted by Gasteiger charge is 2.15. The molecule has 0 aliphatic rings. The van der Waals surface area contributed by atoms with Crippen molar-refractivity contribution in [3.63, 3.8) is 0 Å². The van der Waals surface area contributed by atoms with E-state index in [1.54, 1.807) is 7.11 Å². The van der Waals surface area contributed by atoms with E-state index in [0.717, 1.165) is 15.6 Å². The standard InChI is InChI=1S/C17H18BrN5O2/c1-11-4-3-5-12(8-11)10-25-16-13(9-19-17-20-22-23-21-17)14(18)6-7-15(16)24-2/h3-8H,9-10H2,1-2H3,(H2,19,20,21,22,23). The number of anilines is 1. The van der Waals surface area contributed by atoms with Crippen molar-refractivity contribution in [1.82, 2.24) is 20.6 Å². The predicted molar refractivity (Wildman–Crippen MR) is 97.7 cm³/mol. The molecule has 130 valence electrons. The largest absolute Gasteiger partial charge is 0.493 e. The summed E-state index contributed by atoms with van der Waals surface area (Å²) in [6, 6.07) is 12.0. The van der Waals surface area contributed by atoms with Gasteiger partial charge in [0.2, 0.25) is 0 Å². The summed E-state index contributed by atoms with van der Waals surface area (Å²) in [4.78, 5) is 0. The molecular formula is C17H18BrN5O2. The number of methoxy groups -OCH3 is 1. The van der Waals surface area contributed by atoms with Gasteiger partial charge in [-0.3, -0.25) is 0 Å². The van der Waals surface area contributed by atoms with E-state index in [1.807, 2.05) is 24.3 Å². The third-order valence-electron chi connectivity index (χ3n) is 3.62. The topological polar surface area (TPSA) is 85.0 Å². The molecule has 0 radical (unpaired) electrons. The number of tetrazole rings is 1. The fraction of sp³-hybridized carbons (Fsp3) is 0.235. The van der Waals surface area contributed by atoms with Crippen LogP contribution < -0.4 is 14.8 Å². The Hall–Kier alpha value is -2.61. The van der Waals surface area contributed by atoms with Crippen LogP contribution in [0.15, 0.2) is 40.9 Å². The maximum Gasteiger partial charge on any atom is 0.263 e. The third-order valence-corrected chi connectivity index (χ3v) is 4.36. The lowest BCUT2D eigenvalue weighted by Crippen LogP contribution is -2.07. The van der Waals surface area contributed by atoms with Crippen molar-refractivity contribution in [3.8, 4) is 11.5 Å². The van der Waals surface area contributed by atoms with Gasteiger partial charge in [0.05, 0.1) is 7.11 Å². The fourth-order valence-corrected chi connectivity index (χ4v) is 2.88. The van der Waals surface area contributed by atoms with Gasteiger partial charge in [-0.15, -0.1) is 5.10 Å². The van der Waals surface area contributed by atoms with E-state index < -0.39 is 0 Å². The van der Waals surface area contributed by atoms with Crippen molar-refractivity contribution in [2.24, 2.45) is 0 Å². The average Bonchev–Trinajstić information content (AvgIpc) is 3.12. The second kappa shape index (κ2) is 7.98. The molecule has 0 saturated carbocycles. The van der Waals surface area contributed by atoms with Crippen molar-refractivity contribution in [2.75, 3.05) is 12.4 Å². The van der Waals surface area contributed by atoms with Gasteiger partial charge in [0.15, 0.2) is 11.5 Å². The molecule has 0 atom stereocenters. The molecule has 0 aliphatic carbocycles. The summed E-state index contributed by atoms with van der Waals surface area (Å²) in [6.45, 7) is 2.97. The fourth-order valence-electron chi connectivity index (χ4n) is 2.43. The summed E-state index contributed by atoms with van der Waals surface area (Å²) < 4.78 is 12.5. The van der Waals surface area contributed by atoms with Crippen LogP contribution in [0.25, 0.3) is 0 Å². The minimum atomic E-state index is 0.416. The average molecular weight is 404 g/mol. The van der Waals surface area contributed by atoms with Gasteiger partial charge in [-0.2, -0.15) is 5.21 Å². The summed E-state index contributed by atoms with van der Waals surface area (Å²) in [5, 5.41) is 16.8. The van der Waals surface area contributed by atoms with Crippen molar-refractivity contribution in [2.45, 2.75) is 20.1 Å². The Morgan fingerprint density at radius 1 is 1.24 bits per heavy atom. The molecular weight excluding hydrogens is 386 g/mol. The van der Waals surface area contributed by atoms with Crippen LogP contribution in [0.3, 0.4) is 0 Å². The molecule has 0 bridgehead atoms. The van der Waals surface area contributed by atoms with Crippen molar-refractivity contribution < 1.29 is 9.47 Å². The Bertz CT molecular complexity index is 839. The summed E-state index contributed by atoms with van der Waals surface area (Å²) in [6.07, 6.45) is 0. The van der Waals surface area contributed by atoms with Crippen LogP contribution in [0.4, 0.5) is 5.95 Å². The molecule has 0 spiro atoms. The minimum Gasteiger partial charge on any atom is -0.493 e. The predicted octanol–water partition coefficient (Wildman–Crippen LogP) is 3.47. The SMILES string of the molecule is COc1ccc(Br)c(CNc2nn[nH]n2)c1OCc1cccc(C)c1. The number of hydrogen-bond acceptors (Lipinski definition) is 6. The lowest BCUT2D eigenvalue weighted by atomic mass is 10.1. The quantitative estimate of drug-likeness (QED) is 0.628. The lowest BCUT2D eigenvalue weighted by molar-refractivity contribution is 0.281. The zero-order chi connectivity index (χ0) is 17.6. The first-order valence-corrected chi connectivity index (χ1v) is 8.47. The highest BCUT2D eigenvalue weighted by Crippen LogP contribution is 2.37. The van der Waals surface area contributed by atoms with Gasteiger partial charge in [-0.25, -0.2) is 0 Å². The Balaban J connectivity index is 1.83. The zero-order valence-corrected chi connectivity index (χ0v) is 15.5. The van der Waals surface area contributed by atoms with Crippen LogP contribution in [0.1, 0.15) is 16.7 Å². The molecule has 0 saturated heterocycles. The van der Waals surface area contributed by atoms with E-state index in [4.69, 9.17) is 9.47 Å². The number of nitrogens with one attached hydrogen (secondary N) is 2. The van der Waals surface area contributed by atoms with Gasteiger partial charge in [-0.1, -0.05) is 50.9 Å². The van der Waals surface area contributed by atoms with E-state index in [2.05, 4.69) is 60.9 Å². The molecule has 2 N–H and O–H groups in total. The minimum absolute atomic E-state index is 0.416. The van der Waals surface area contributed by atoms with Crippen LogP contribution in [0.5, 0.6) is 11.5 Å². The number of ether oxygens (including phenoxy) is 2. The van der Waals surface area contributed by atoms with Gasteiger partial charge >= 0.3 is 0 Å². The Morgan fingerprint density at radius 3 is 2.84 bits per heavy atom. The van der Waals surface area contributed by atoms with E-state index in [0.29, 0.717) is 30.6 Å². The van der Waals surface area contributed by atoms with Crippen molar-refractivity contribution in [3.05, 3.63) is 57.6 Å². The molecule has 2 aromatic carbocycles. The van der Waals surface area contributed by atoms with Crippen molar-refractivity contribution in [1.29, 1.82) is 0 Å². The van der Waals surface area contributed by atoms with Crippen LogP contribution in [-0.4, -0.2) is 27.7 Å². The van der Waals surface area contributed by atoms with Gasteiger partial charge in [0, 0.05) is 16.6 Å². The molecule has 0 unspecified atom stereocenters. The molecule has 0 amide bonds. The van der Waals surface area contributed by atoms with Gasteiger partial charge in [0.25, 0.3) is 5.95 Å². The summed E-state index contributed by atoms with van der Waals surface area (Å²) >= 11 is 3.57. The Morgan fingerprint density at radius 2 is 2.12 bits per heavy atom.